The van der Waals surface area contributed by atoms with E-state index in [1.165, 1.54) is 16.0 Å². The van der Waals surface area contributed by atoms with Crippen molar-refractivity contribution in [3.63, 3.8) is 0 Å². The molecule has 0 heterocycles. The number of hydrogen-bond donors (Lipinski definition) is 1. The maximum Gasteiger partial charge on any atom is 0.142 e. The van der Waals surface area contributed by atoms with E-state index in [1.54, 1.807) is 18.9 Å². The molecule has 0 saturated heterocycles. The Balaban J connectivity index is 2.25. The van der Waals surface area contributed by atoms with Crippen LogP contribution in [0.2, 0.25) is 0 Å². The van der Waals surface area contributed by atoms with Crippen molar-refractivity contribution < 1.29 is 4.74 Å². The largest absolute Gasteiger partial charge is 0.495 e. The molecule has 0 aliphatic carbocycles. The van der Waals surface area contributed by atoms with E-state index in [1.807, 2.05) is 18.2 Å². The molecule has 2 nitrogen and oxygen atoms in total. The van der Waals surface area contributed by atoms with Gasteiger partial charge in [-0.05, 0) is 55.3 Å². The second-order valence-electron chi connectivity index (χ2n) is 4.25. The molecule has 0 radical (unpaired) electrons. The molecule has 94 valence electrons. The molecular formula is C15H17NOS. The van der Waals surface area contributed by atoms with Gasteiger partial charge in [-0.25, -0.2) is 0 Å². The van der Waals surface area contributed by atoms with Crippen molar-refractivity contribution in [1.82, 2.24) is 0 Å². The molecule has 0 aromatic heterocycles. The Morgan fingerprint density at radius 2 is 1.61 bits per heavy atom. The van der Waals surface area contributed by atoms with Gasteiger partial charge in [0.25, 0.3) is 0 Å². The molecule has 2 rings (SSSR count). The van der Waals surface area contributed by atoms with Gasteiger partial charge in [-0.15, -0.1) is 0 Å². The van der Waals surface area contributed by atoms with Crippen LogP contribution in [0.5, 0.6) is 5.75 Å². The van der Waals surface area contributed by atoms with Gasteiger partial charge >= 0.3 is 0 Å². The van der Waals surface area contributed by atoms with Crippen LogP contribution in [0.15, 0.2) is 46.2 Å². The van der Waals surface area contributed by atoms with Crippen LogP contribution in [0.1, 0.15) is 11.1 Å². The first-order valence-electron chi connectivity index (χ1n) is 5.79. The SMILES string of the molecule is COc1cc(Sc2ccc(C)c(C)c2)ccc1N. The zero-order valence-corrected chi connectivity index (χ0v) is 11.7. The van der Waals surface area contributed by atoms with Crippen molar-refractivity contribution in [3.8, 4) is 5.75 Å². The number of aryl methyl sites for hydroxylation is 2. The number of hydrogen-bond acceptors (Lipinski definition) is 3. The highest BCUT2D eigenvalue weighted by Gasteiger charge is 2.03. The number of rotatable bonds is 3. The molecule has 0 atom stereocenters. The van der Waals surface area contributed by atoms with E-state index in [9.17, 15) is 0 Å². The third kappa shape index (κ3) is 2.79. The summed E-state index contributed by atoms with van der Waals surface area (Å²) in [6.07, 6.45) is 0. The second-order valence-corrected chi connectivity index (χ2v) is 5.40. The molecule has 18 heavy (non-hydrogen) atoms. The van der Waals surface area contributed by atoms with Crippen molar-refractivity contribution in [3.05, 3.63) is 47.5 Å². The van der Waals surface area contributed by atoms with Gasteiger partial charge in [0.05, 0.1) is 12.8 Å². The van der Waals surface area contributed by atoms with E-state index in [4.69, 9.17) is 10.5 Å². The fraction of sp³-hybridized carbons (Fsp3) is 0.200. The van der Waals surface area contributed by atoms with Gasteiger partial charge in [0.15, 0.2) is 0 Å². The lowest BCUT2D eigenvalue weighted by molar-refractivity contribution is 0.416. The van der Waals surface area contributed by atoms with Crippen LogP contribution in [0.3, 0.4) is 0 Å². The topological polar surface area (TPSA) is 35.2 Å². The first kappa shape index (κ1) is 12.8. The van der Waals surface area contributed by atoms with Crippen LogP contribution in [-0.4, -0.2) is 7.11 Å². The zero-order chi connectivity index (χ0) is 13.1. The Kier molecular flexibility index (Phi) is 3.82. The van der Waals surface area contributed by atoms with Gasteiger partial charge in [-0.2, -0.15) is 0 Å². The minimum Gasteiger partial charge on any atom is -0.495 e. The summed E-state index contributed by atoms with van der Waals surface area (Å²) in [6.45, 7) is 4.25. The highest BCUT2D eigenvalue weighted by molar-refractivity contribution is 7.99. The van der Waals surface area contributed by atoms with Gasteiger partial charge < -0.3 is 10.5 Å². The van der Waals surface area contributed by atoms with Gasteiger partial charge in [0.2, 0.25) is 0 Å². The molecule has 2 N–H and O–H groups in total. The summed E-state index contributed by atoms with van der Waals surface area (Å²) >= 11 is 1.71. The van der Waals surface area contributed by atoms with Crippen LogP contribution in [0.4, 0.5) is 5.69 Å². The number of nitrogens with two attached hydrogens (primary N) is 1. The molecule has 0 fully saturated rings. The van der Waals surface area contributed by atoms with Gasteiger partial charge in [0, 0.05) is 9.79 Å². The predicted molar refractivity (Wildman–Crippen MR) is 77.4 cm³/mol. The van der Waals surface area contributed by atoms with E-state index in [-0.39, 0.29) is 0 Å². The lowest BCUT2D eigenvalue weighted by atomic mass is 10.1. The molecule has 0 saturated carbocycles. The summed E-state index contributed by atoms with van der Waals surface area (Å²) in [7, 11) is 1.64. The molecule has 0 aliphatic rings. The number of methoxy groups -OCH3 is 1. The van der Waals surface area contributed by atoms with Crippen molar-refractivity contribution in [2.45, 2.75) is 23.6 Å². The standard InChI is InChI=1S/C15H17NOS/c1-10-4-5-12(8-11(10)2)18-13-6-7-14(16)15(9-13)17-3/h4-9H,16H2,1-3H3. The quantitative estimate of drug-likeness (QED) is 0.845. The van der Waals surface area contributed by atoms with Crippen molar-refractivity contribution >= 4 is 17.4 Å². The highest BCUT2D eigenvalue weighted by Crippen LogP contribution is 2.33. The summed E-state index contributed by atoms with van der Waals surface area (Å²) in [6, 6.07) is 12.3. The summed E-state index contributed by atoms with van der Waals surface area (Å²) < 4.78 is 5.23. The lowest BCUT2D eigenvalue weighted by Gasteiger charge is -2.08. The van der Waals surface area contributed by atoms with E-state index < -0.39 is 0 Å². The van der Waals surface area contributed by atoms with Crippen molar-refractivity contribution in [1.29, 1.82) is 0 Å². The number of anilines is 1. The molecule has 0 unspecified atom stereocenters. The maximum atomic E-state index is 5.80. The zero-order valence-electron chi connectivity index (χ0n) is 10.9. The fourth-order valence-electron chi connectivity index (χ4n) is 1.67. The van der Waals surface area contributed by atoms with Crippen LogP contribution in [0, 0.1) is 13.8 Å². The van der Waals surface area contributed by atoms with E-state index in [0.29, 0.717) is 5.69 Å². The first-order chi connectivity index (χ1) is 8.60. The summed E-state index contributed by atoms with van der Waals surface area (Å²) in [5, 5.41) is 0. The fourth-order valence-corrected chi connectivity index (χ4v) is 2.61. The van der Waals surface area contributed by atoms with Gasteiger partial charge in [-0.3, -0.25) is 0 Å². The molecule has 3 heteroatoms. The van der Waals surface area contributed by atoms with Crippen LogP contribution in [-0.2, 0) is 0 Å². The summed E-state index contributed by atoms with van der Waals surface area (Å²) in [4.78, 5) is 2.36. The Morgan fingerprint density at radius 1 is 0.944 bits per heavy atom. The van der Waals surface area contributed by atoms with Crippen LogP contribution in [0.25, 0.3) is 0 Å². The van der Waals surface area contributed by atoms with E-state index in [2.05, 4.69) is 32.0 Å². The second kappa shape index (κ2) is 5.36. The summed E-state index contributed by atoms with van der Waals surface area (Å²) in [5.74, 6) is 0.726. The Bertz CT molecular complexity index is 566. The third-order valence-corrected chi connectivity index (χ3v) is 3.90. The summed E-state index contributed by atoms with van der Waals surface area (Å²) in [5.41, 5.74) is 9.09. The number of benzene rings is 2. The first-order valence-corrected chi connectivity index (χ1v) is 6.60. The molecule has 0 aliphatic heterocycles. The molecular weight excluding hydrogens is 242 g/mol. The normalized spacial score (nSPS) is 10.4. The van der Waals surface area contributed by atoms with Gasteiger partial charge in [-0.1, -0.05) is 17.8 Å². The van der Waals surface area contributed by atoms with Crippen molar-refractivity contribution in [2.24, 2.45) is 0 Å². The third-order valence-electron chi connectivity index (χ3n) is 2.92. The minimum atomic E-state index is 0.668. The average Bonchev–Trinajstić information content (AvgIpc) is 2.36. The Labute approximate surface area is 112 Å². The average molecular weight is 259 g/mol. The smallest absolute Gasteiger partial charge is 0.142 e. The molecule has 2 aromatic rings. The monoisotopic (exact) mass is 259 g/mol. The van der Waals surface area contributed by atoms with Crippen molar-refractivity contribution in [2.75, 3.05) is 12.8 Å². The van der Waals surface area contributed by atoms with Crippen LogP contribution < -0.4 is 10.5 Å². The molecule has 0 bridgehead atoms. The Hall–Kier alpha value is -1.61. The highest BCUT2D eigenvalue weighted by atomic mass is 32.2. The molecule has 0 spiro atoms. The maximum absolute atomic E-state index is 5.80. The van der Waals surface area contributed by atoms with E-state index in [0.717, 1.165) is 10.6 Å². The number of nitrogen functional groups attached to an aromatic ring is 1. The molecule has 2 aromatic carbocycles. The van der Waals surface area contributed by atoms with Crippen LogP contribution >= 0.6 is 11.8 Å². The minimum absolute atomic E-state index is 0.668. The Morgan fingerprint density at radius 3 is 2.28 bits per heavy atom. The molecule has 0 amide bonds. The number of ether oxygens (including phenoxy) is 1. The predicted octanol–water partition coefficient (Wildman–Crippen LogP) is 4.05. The van der Waals surface area contributed by atoms with Gasteiger partial charge in [0.1, 0.15) is 5.75 Å². The van der Waals surface area contributed by atoms with E-state index >= 15 is 0 Å². The lowest BCUT2D eigenvalue weighted by Crippen LogP contribution is -1.91.